The molecule has 1 unspecified atom stereocenters. The van der Waals surface area contributed by atoms with Gasteiger partial charge in [-0.05, 0) is 53.9 Å². The first-order valence-electron chi connectivity index (χ1n) is 11.3. The van der Waals surface area contributed by atoms with Gasteiger partial charge in [0.2, 0.25) is 5.78 Å². The Hall–Kier alpha value is -3.81. The number of benzene rings is 3. The zero-order valence-corrected chi connectivity index (χ0v) is 21.0. The van der Waals surface area contributed by atoms with Crippen LogP contribution in [-0.2, 0) is 11.2 Å². The minimum atomic E-state index is -0.892. The van der Waals surface area contributed by atoms with E-state index in [4.69, 9.17) is 32.4 Å². The third-order valence-corrected chi connectivity index (χ3v) is 6.75. The van der Waals surface area contributed by atoms with Crippen LogP contribution in [0.15, 0.2) is 82.5 Å². The maximum atomic E-state index is 13.7. The summed E-state index contributed by atoms with van der Waals surface area (Å²) < 4.78 is 24.5. The number of hydrogen-bond donors (Lipinski definition) is 1. The maximum absolute atomic E-state index is 13.7. The van der Waals surface area contributed by atoms with Crippen LogP contribution >= 0.6 is 23.2 Å². The van der Waals surface area contributed by atoms with Crippen LogP contribution in [0, 0.1) is 5.82 Å². The second-order valence-corrected chi connectivity index (χ2v) is 9.43. The lowest BCUT2D eigenvalue weighted by Gasteiger charge is -2.26. The number of carbonyl (C=O) groups excluding carboxylic acids is 2. The number of fused-ring (bicyclic) bond motifs is 1. The van der Waals surface area contributed by atoms with Crippen LogP contribution in [0.3, 0.4) is 0 Å². The number of Topliss-reactive ketones (excluding diaryl/α,β-unsaturated/α-hetero) is 1. The highest BCUT2D eigenvalue weighted by atomic mass is 35.5. The molecule has 1 aliphatic rings. The van der Waals surface area contributed by atoms with Gasteiger partial charge < -0.3 is 19.2 Å². The monoisotopic (exact) mass is 539 g/mol. The highest BCUT2D eigenvalue weighted by molar-refractivity contribution is 6.31. The van der Waals surface area contributed by atoms with Crippen molar-refractivity contribution in [1.82, 2.24) is 4.90 Å². The molecule has 2 heterocycles. The number of methoxy groups -OCH3 is 1. The lowest BCUT2D eigenvalue weighted by molar-refractivity contribution is -0.129. The predicted octanol–water partition coefficient (Wildman–Crippen LogP) is 6.71. The molecule has 188 valence electrons. The molecule has 0 spiro atoms. The molecule has 0 fully saturated rings. The van der Waals surface area contributed by atoms with E-state index in [0.717, 1.165) is 5.56 Å². The molecule has 3 aromatic carbocycles. The van der Waals surface area contributed by atoms with Gasteiger partial charge >= 0.3 is 0 Å². The fourth-order valence-electron chi connectivity index (χ4n) is 4.49. The molecule has 5 rings (SSSR count). The number of aliphatic hydroxyl groups is 1. The Kier molecular flexibility index (Phi) is 6.67. The van der Waals surface area contributed by atoms with Gasteiger partial charge in [0.05, 0.1) is 18.7 Å². The zero-order valence-electron chi connectivity index (χ0n) is 19.5. The van der Waals surface area contributed by atoms with E-state index in [0.29, 0.717) is 38.7 Å². The summed E-state index contributed by atoms with van der Waals surface area (Å²) in [5.41, 5.74) is 1.58. The minimum Gasteiger partial charge on any atom is -0.503 e. The summed E-state index contributed by atoms with van der Waals surface area (Å²) in [5, 5.41) is 12.3. The molecule has 0 radical (unpaired) electrons. The highest BCUT2D eigenvalue weighted by Gasteiger charge is 2.44. The largest absolute Gasteiger partial charge is 0.503 e. The minimum absolute atomic E-state index is 0.0794. The summed E-state index contributed by atoms with van der Waals surface area (Å²) >= 11 is 12.2. The van der Waals surface area contributed by atoms with Gasteiger partial charge in [0.15, 0.2) is 22.9 Å². The second-order valence-electron chi connectivity index (χ2n) is 8.56. The van der Waals surface area contributed by atoms with Crippen molar-refractivity contribution in [3.63, 3.8) is 0 Å². The van der Waals surface area contributed by atoms with E-state index in [-0.39, 0.29) is 23.7 Å². The van der Waals surface area contributed by atoms with Crippen molar-refractivity contribution in [2.45, 2.75) is 12.5 Å². The average Bonchev–Trinajstić information content (AvgIpc) is 3.42. The topological polar surface area (TPSA) is 80.0 Å². The van der Waals surface area contributed by atoms with Crippen molar-refractivity contribution in [2.75, 3.05) is 13.7 Å². The molecular formula is C28H20Cl2FNO5. The fraction of sp³-hybridized carbons (Fsp3) is 0.143. The SMILES string of the molecule is COc1cc(Cl)cc2cc(C(=O)C3=C(O)C(=O)N(CCc4ccc(F)cc4)C3c3ccc(Cl)cc3)oc12. The molecule has 1 N–H and O–H groups in total. The smallest absolute Gasteiger partial charge is 0.290 e. The van der Waals surface area contributed by atoms with Crippen molar-refractivity contribution in [1.29, 1.82) is 0 Å². The van der Waals surface area contributed by atoms with Crippen molar-refractivity contribution in [3.8, 4) is 5.75 Å². The van der Waals surface area contributed by atoms with Crippen LogP contribution in [0.2, 0.25) is 10.0 Å². The predicted molar refractivity (Wildman–Crippen MR) is 138 cm³/mol. The van der Waals surface area contributed by atoms with E-state index < -0.39 is 23.5 Å². The number of ether oxygens (including phenoxy) is 1. The molecule has 1 aromatic heterocycles. The summed E-state index contributed by atoms with van der Waals surface area (Å²) in [6.07, 6.45) is 0.380. The molecule has 0 bridgehead atoms. The number of halogens is 3. The molecule has 37 heavy (non-hydrogen) atoms. The van der Waals surface area contributed by atoms with E-state index in [2.05, 4.69) is 0 Å². The number of rotatable bonds is 7. The third-order valence-electron chi connectivity index (χ3n) is 6.28. The molecule has 4 aromatic rings. The third kappa shape index (κ3) is 4.68. The van der Waals surface area contributed by atoms with Crippen molar-refractivity contribution in [3.05, 3.63) is 111 Å². The van der Waals surface area contributed by atoms with Gasteiger partial charge in [-0.2, -0.15) is 0 Å². The fourth-order valence-corrected chi connectivity index (χ4v) is 4.83. The van der Waals surface area contributed by atoms with Crippen molar-refractivity contribution >= 4 is 45.9 Å². The first-order valence-corrected chi connectivity index (χ1v) is 12.1. The van der Waals surface area contributed by atoms with Crippen molar-refractivity contribution < 1.29 is 28.2 Å². The number of carbonyl (C=O) groups is 2. The van der Waals surface area contributed by atoms with Crippen LogP contribution in [-0.4, -0.2) is 35.4 Å². The summed E-state index contributed by atoms with van der Waals surface area (Å²) in [7, 11) is 1.45. The first-order chi connectivity index (χ1) is 17.8. The Balaban J connectivity index is 1.54. The number of ketones is 1. The van der Waals surface area contributed by atoms with Gasteiger partial charge in [0, 0.05) is 28.0 Å². The number of furan rings is 1. The number of hydrogen-bond acceptors (Lipinski definition) is 5. The average molecular weight is 540 g/mol. The normalized spacial score (nSPS) is 15.6. The van der Waals surface area contributed by atoms with E-state index in [1.807, 2.05) is 0 Å². The molecule has 0 aliphatic carbocycles. The number of aliphatic hydroxyl groups excluding tert-OH is 1. The molecule has 0 saturated carbocycles. The van der Waals surface area contributed by atoms with Crippen molar-refractivity contribution in [2.24, 2.45) is 0 Å². The van der Waals surface area contributed by atoms with Gasteiger partial charge in [-0.3, -0.25) is 9.59 Å². The summed E-state index contributed by atoms with van der Waals surface area (Å²) in [6.45, 7) is 0.169. The Morgan fingerprint density at radius 2 is 1.76 bits per heavy atom. The number of amides is 1. The summed E-state index contributed by atoms with van der Waals surface area (Å²) in [4.78, 5) is 28.4. The first kappa shape index (κ1) is 24.9. The summed E-state index contributed by atoms with van der Waals surface area (Å²) in [6, 6.07) is 16.4. The standard InChI is InChI=1S/C28H20Cl2FNO5/c1-36-22-14-19(30)12-17-13-21(37-27(17)22)25(33)23-24(16-4-6-18(29)7-5-16)32(28(35)26(23)34)11-10-15-2-8-20(31)9-3-15/h2-9,12-14,24,34H,10-11H2,1H3. The molecule has 6 nitrogen and oxygen atoms in total. The quantitative estimate of drug-likeness (QED) is 0.264. The van der Waals surface area contributed by atoms with E-state index in [9.17, 15) is 19.1 Å². The molecule has 1 amide bonds. The Labute approximate surface area is 221 Å². The highest BCUT2D eigenvalue weighted by Crippen LogP contribution is 2.41. The zero-order chi connectivity index (χ0) is 26.3. The Bertz CT molecular complexity index is 1540. The van der Waals surface area contributed by atoms with Gasteiger partial charge in [0.25, 0.3) is 5.91 Å². The van der Waals surface area contributed by atoms with Gasteiger partial charge in [-0.25, -0.2) is 4.39 Å². The Morgan fingerprint density at radius 3 is 2.43 bits per heavy atom. The maximum Gasteiger partial charge on any atom is 0.290 e. The van der Waals surface area contributed by atoms with Gasteiger partial charge in [-0.15, -0.1) is 0 Å². The van der Waals surface area contributed by atoms with E-state index >= 15 is 0 Å². The Morgan fingerprint density at radius 1 is 1.05 bits per heavy atom. The molecule has 0 saturated heterocycles. The molecular weight excluding hydrogens is 520 g/mol. The molecule has 1 aliphatic heterocycles. The van der Waals surface area contributed by atoms with Crippen LogP contribution in [0.5, 0.6) is 5.75 Å². The lowest BCUT2D eigenvalue weighted by atomic mass is 9.95. The van der Waals surface area contributed by atoms with Crippen LogP contribution in [0.1, 0.15) is 27.7 Å². The van der Waals surface area contributed by atoms with E-state index in [1.165, 1.54) is 30.2 Å². The molecule has 1 atom stereocenters. The van der Waals surface area contributed by atoms with Crippen LogP contribution in [0.4, 0.5) is 4.39 Å². The summed E-state index contributed by atoms with van der Waals surface area (Å²) in [5.74, 6) is -2.10. The molecule has 9 heteroatoms. The number of nitrogens with zero attached hydrogens (tertiary/aromatic N) is 1. The second kappa shape index (κ2) is 9.92. The van der Waals surface area contributed by atoms with Crippen LogP contribution < -0.4 is 4.74 Å². The van der Waals surface area contributed by atoms with Gasteiger partial charge in [-0.1, -0.05) is 47.5 Å². The van der Waals surface area contributed by atoms with Gasteiger partial charge in [0.1, 0.15) is 5.82 Å². The lowest BCUT2D eigenvalue weighted by Crippen LogP contribution is -2.33. The van der Waals surface area contributed by atoms with Crippen LogP contribution in [0.25, 0.3) is 11.0 Å². The van der Waals surface area contributed by atoms with E-state index in [1.54, 1.807) is 48.5 Å².